The lowest BCUT2D eigenvalue weighted by atomic mass is 10.3. The number of hydrogen-bond acceptors (Lipinski definition) is 2. The second kappa shape index (κ2) is 4.92. The molecule has 102 valence electrons. The zero-order valence-corrected chi connectivity index (χ0v) is 12.3. The summed E-state index contributed by atoms with van der Waals surface area (Å²) in [4.78, 5) is 5.25. The first-order valence-corrected chi connectivity index (χ1v) is 7.88. The minimum atomic E-state index is -2.76. The van der Waals surface area contributed by atoms with Gasteiger partial charge in [-0.3, -0.25) is 4.99 Å². The first kappa shape index (κ1) is 13.1. The van der Waals surface area contributed by atoms with Crippen LogP contribution in [0.15, 0.2) is 67.7 Å². The monoisotopic (exact) mass is 305 g/mol. The molecule has 0 spiro atoms. The van der Waals surface area contributed by atoms with Crippen molar-refractivity contribution in [3.63, 3.8) is 0 Å². The Morgan fingerprint density at radius 1 is 1.20 bits per heavy atom. The molecule has 1 heterocycles. The van der Waals surface area contributed by atoms with Gasteiger partial charge in [0.1, 0.15) is 9.73 Å². The van der Waals surface area contributed by atoms with Crippen LogP contribution in [0.4, 0.5) is 5.69 Å². The highest BCUT2D eigenvalue weighted by atomic mass is 35.5. The van der Waals surface area contributed by atoms with E-state index in [0.717, 1.165) is 5.69 Å². The summed E-state index contributed by atoms with van der Waals surface area (Å²) < 4.78 is 17.7. The van der Waals surface area contributed by atoms with Crippen molar-refractivity contribution >= 4 is 33.0 Å². The lowest BCUT2D eigenvalue weighted by molar-refractivity contribution is 0.677. The van der Waals surface area contributed by atoms with Crippen molar-refractivity contribution < 1.29 is 4.21 Å². The van der Waals surface area contributed by atoms with E-state index in [1.54, 1.807) is 37.4 Å². The normalized spacial score (nSPS) is 22.8. The largest absolute Gasteiger partial charge is 0.323 e. The fourth-order valence-corrected chi connectivity index (χ4v) is 4.32. The van der Waals surface area contributed by atoms with Crippen LogP contribution in [0.3, 0.4) is 0 Å². The van der Waals surface area contributed by atoms with E-state index in [9.17, 15) is 4.21 Å². The molecule has 0 aliphatic carbocycles. The maximum absolute atomic E-state index is 13.4. The number of halogens is 1. The van der Waals surface area contributed by atoms with Crippen LogP contribution in [0.1, 0.15) is 0 Å². The third-order valence-electron chi connectivity index (χ3n) is 2.98. The Labute approximate surface area is 122 Å². The van der Waals surface area contributed by atoms with Crippen molar-refractivity contribution in [2.24, 2.45) is 9.36 Å². The summed E-state index contributed by atoms with van der Waals surface area (Å²) in [5, 5.41) is 3.57. The number of nitrogens with zero attached hydrogens (tertiary/aromatic N) is 2. The fraction of sp³-hybridized carbons (Fsp3) is 0.0714. The average Bonchev–Trinajstić information content (AvgIpc) is 2.48. The van der Waals surface area contributed by atoms with E-state index in [2.05, 4.69) is 14.7 Å². The maximum Gasteiger partial charge on any atom is 0.231 e. The molecule has 1 atom stereocenters. The van der Waals surface area contributed by atoms with Gasteiger partial charge in [0.2, 0.25) is 5.96 Å². The molecule has 1 aliphatic rings. The molecule has 1 N–H and O–H groups in total. The molecular weight excluding hydrogens is 294 g/mol. The second-order valence-electron chi connectivity index (χ2n) is 4.24. The summed E-state index contributed by atoms with van der Waals surface area (Å²) in [7, 11) is -1.16. The quantitative estimate of drug-likeness (QED) is 0.874. The minimum Gasteiger partial charge on any atom is -0.323 e. The van der Waals surface area contributed by atoms with Gasteiger partial charge >= 0.3 is 0 Å². The molecule has 0 saturated heterocycles. The number of hydrogen-bond donors (Lipinski definition) is 1. The van der Waals surface area contributed by atoms with Gasteiger partial charge in [-0.05, 0) is 30.3 Å². The van der Waals surface area contributed by atoms with Gasteiger partial charge < -0.3 is 5.32 Å². The number of rotatable bonds is 1. The van der Waals surface area contributed by atoms with Crippen molar-refractivity contribution in [3.05, 3.63) is 53.6 Å². The SMILES string of the molecule is CN=C1N=S(=O)(c2ccccc2)c2cc(Cl)ccc2N1. The van der Waals surface area contributed by atoms with Crippen molar-refractivity contribution in [2.45, 2.75) is 9.79 Å². The predicted octanol–water partition coefficient (Wildman–Crippen LogP) is 3.64. The molecular formula is C14H12ClN3OS. The number of fused-ring (bicyclic) bond motifs is 1. The molecule has 0 saturated carbocycles. The molecule has 6 heteroatoms. The van der Waals surface area contributed by atoms with Crippen LogP contribution >= 0.6 is 11.6 Å². The average molecular weight is 306 g/mol. The third-order valence-corrected chi connectivity index (χ3v) is 5.49. The summed E-state index contributed by atoms with van der Waals surface area (Å²) in [6.07, 6.45) is 0. The fourth-order valence-electron chi connectivity index (χ4n) is 2.02. The van der Waals surface area contributed by atoms with Gasteiger partial charge in [0, 0.05) is 12.1 Å². The molecule has 3 rings (SSSR count). The Bertz CT molecular complexity index is 808. The van der Waals surface area contributed by atoms with Crippen LogP contribution in [-0.2, 0) is 9.73 Å². The van der Waals surface area contributed by atoms with Gasteiger partial charge in [0.15, 0.2) is 0 Å². The van der Waals surface area contributed by atoms with Gasteiger partial charge in [0.25, 0.3) is 0 Å². The Balaban J connectivity index is 2.36. The van der Waals surface area contributed by atoms with E-state index in [-0.39, 0.29) is 0 Å². The van der Waals surface area contributed by atoms with E-state index >= 15 is 0 Å². The standard InChI is InChI=1S/C14H12ClN3OS/c1-16-14-17-12-8-7-10(15)9-13(12)20(19,18-14)11-5-3-2-4-6-11/h2-9H,1H3,(H,16,17,18,19). The molecule has 0 radical (unpaired) electrons. The number of benzene rings is 2. The first-order valence-electron chi connectivity index (χ1n) is 5.99. The summed E-state index contributed by atoms with van der Waals surface area (Å²) in [5.74, 6) is 0.355. The molecule has 0 bridgehead atoms. The van der Waals surface area contributed by atoms with Crippen molar-refractivity contribution in [1.82, 2.24) is 0 Å². The van der Waals surface area contributed by atoms with Crippen molar-refractivity contribution in [2.75, 3.05) is 12.4 Å². The maximum atomic E-state index is 13.4. The van der Waals surface area contributed by atoms with Crippen LogP contribution in [0, 0.1) is 0 Å². The Kier molecular flexibility index (Phi) is 3.23. The molecule has 0 amide bonds. The second-order valence-corrected chi connectivity index (χ2v) is 6.82. The van der Waals surface area contributed by atoms with E-state index in [4.69, 9.17) is 11.6 Å². The number of guanidine groups is 1. The minimum absolute atomic E-state index is 0.355. The molecule has 0 aromatic heterocycles. The third kappa shape index (κ3) is 2.09. The Morgan fingerprint density at radius 3 is 2.65 bits per heavy atom. The van der Waals surface area contributed by atoms with Gasteiger partial charge in [-0.2, -0.15) is 4.36 Å². The highest BCUT2D eigenvalue weighted by Gasteiger charge is 2.25. The van der Waals surface area contributed by atoms with E-state index < -0.39 is 9.73 Å². The summed E-state index contributed by atoms with van der Waals surface area (Å²) in [6.45, 7) is 0. The molecule has 20 heavy (non-hydrogen) atoms. The Morgan fingerprint density at radius 2 is 1.95 bits per heavy atom. The van der Waals surface area contributed by atoms with Crippen LogP contribution in [0.5, 0.6) is 0 Å². The zero-order valence-electron chi connectivity index (χ0n) is 10.7. The lowest BCUT2D eigenvalue weighted by Gasteiger charge is -2.21. The van der Waals surface area contributed by atoms with Gasteiger partial charge in [-0.25, -0.2) is 4.21 Å². The number of anilines is 1. The van der Waals surface area contributed by atoms with Crippen LogP contribution in [0.2, 0.25) is 5.02 Å². The molecule has 2 aromatic carbocycles. The first-order chi connectivity index (χ1) is 9.63. The molecule has 4 nitrogen and oxygen atoms in total. The topological polar surface area (TPSA) is 53.8 Å². The van der Waals surface area contributed by atoms with Crippen LogP contribution < -0.4 is 5.32 Å². The number of nitrogens with one attached hydrogen (secondary N) is 1. The molecule has 1 aliphatic heterocycles. The molecule has 1 unspecified atom stereocenters. The van der Waals surface area contributed by atoms with Gasteiger partial charge in [0.05, 0.1) is 15.5 Å². The van der Waals surface area contributed by atoms with Gasteiger partial charge in [-0.1, -0.05) is 29.8 Å². The van der Waals surface area contributed by atoms with Gasteiger partial charge in [-0.15, -0.1) is 0 Å². The molecule has 0 fully saturated rings. The highest BCUT2D eigenvalue weighted by molar-refractivity contribution is 7.94. The van der Waals surface area contributed by atoms with E-state index in [1.807, 2.05) is 18.2 Å². The highest BCUT2D eigenvalue weighted by Crippen LogP contribution is 2.34. The molecule has 2 aromatic rings. The Hall–Kier alpha value is -1.85. The van der Waals surface area contributed by atoms with E-state index in [1.165, 1.54) is 0 Å². The lowest BCUT2D eigenvalue weighted by Crippen LogP contribution is -2.20. The number of aliphatic imine (C=N–C) groups is 1. The summed E-state index contributed by atoms with van der Waals surface area (Å²) >= 11 is 6.04. The van der Waals surface area contributed by atoms with Crippen molar-refractivity contribution in [3.8, 4) is 0 Å². The zero-order chi connectivity index (χ0) is 14.2. The van der Waals surface area contributed by atoms with Crippen LogP contribution in [-0.4, -0.2) is 17.2 Å². The predicted molar refractivity (Wildman–Crippen MR) is 82.0 cm³/mol. The summed E-state index contributed by atoms with van der Waals surface area (Å²) in [5.41, 5.74) is 0.721. The summed E-state index contributed by atoms with van der Waals surface area (Å²) in [6, 6.07) is 14.4. The van der Waals surface area contributed by atoms with Crippen LogP contribution in [0.25, 0.3) is 0 Å². The van der Waals surface area contributed by atoms with E-state index in [0.29, 0.717) is 20.8 Å². The smallest absolute Gasteiger partial charge is 0.231 e. The van der Waals surface area contributed by atoms with Crippen molar-refractivity contribution in [1.29, 1.82) is 0 Å².